The molecule has 0 radical (unpaired) electrons. The van der Waals surface area contributed by atoms with Gasteiger partial charge in [-0.1, -0.05) is 0 Å². The van der Waals surface area contributed by atoms with Crippen LogP contribution in [-0.4, -0.2) is 29.9 Å². The lowest BCUT2D eigenvalue weighted by molar-refractivity contribution is 0.343. The first-order valence-corrected chi connectivity index (χ1v) is 6.06. The molecule has 0 fully saturated rings. The minimum atomic E-state index is 0.386. The summed E-state index contributed by atoms with van der Waals surface area (Å²) >= 11 is 0. The molecule has 0 bridgehead atoms. The number of hydrogen-bond donors (Lipinski definition) is 0. The highest BCUT2D eigenvalue weighted by Gasteiger charge is 2.11. The lowest BCUT2D eigenvalue weighted by Crippen LogP contribution is -1.96. The molecule has 0 saturated heterocycles. The summed E-state index contributed by atoms with van der Waals surface area (Å²) in [7, 11) is 1.61. The molecule has 2 rings (SSSR count). The van der Waals surface area contributed by atoms with Gasteiger partial charge in [0.05, 0.1) is 25.6 Å². The third-order valence-electron chi connectivity index (χ3n) is 2.60. The van der Waals surface area contributed by atoms with Gasteiger partial charge < -0.3 is 9.47 Å². The Labute approximate surface area is 116 Å². The van der Waals surface area contributed by atoms with Crippen molar-refractivity contribution >= 4 is 12.2 Å². The monoisotopic (exact) mass is 270 g/mol. The van der Waals surface area contributed by atoms with Crippen LogP contribution in [0.3, 0.4) is 0 Å². The Morgan fingerprint density at radius 3 is 2.75 bits per heavy atom. The number of ether oxygens (including phenoxy) is 2. The van der Waals surface area contributed by atoms with E-state index >= 15 is 0 Å². The van der Waals surface area contributed by atoms with Crippen molar-refractivity contribution in [2.24, 2.45) is 4.99 Å². The zero-order chi connectivity index (χ0) is 14.4. The molecule has 0 atom stereocenters. The largest absolute Gasteiger partial charge is 0.497 e. The van der Waals surface area contributed by atoms with Crippen LogP contribution in [0.25, 0.3) is 5.69 Å². The SMILES string of the molecule is CCOC=Nc1c(C#N)cnn1-c1ccc(OC)cc1. The van der Waals surface area contributed by atoms with Crippen LogP contribution in [0, 0.1) is 11.3 Å². The van der Waals surface area contributed by atoms with Gasteiger partial charge in [0.1, 0.15) is 17.4 Å². The fourth-order valence-corrected chi connectivity index (χ4v) is 1.62. The number of aliphatic imine (C=N–C) groups is 1. The second-order valence-corrected chi connectivity index (χ2v) is 3.79. The van der Waals surface area contributed by atoms with Gasteiger partial charge in [0, 0.05) is 0 Å². The van der Waals surface area contributed by atoms with Crippen molar-refractivity contribution in [1.82, 2.24) is 9.78 Å². The van der Waals surface area contributed by atoms with Crippen molar-refractivity contribution in [3.63, 3.8) is 0 Å². The molecule has 20 heavy (non-hydrogen) atoms. The molecular formula is C14H14N4O2. The zero-order valence-corrected chi connectivity index (χ0v) is 11.3. The molecule has 2 aromatic rings. The molecule has 102 valence electrons. The molecule has 0 aliphatic heterocycles. The third kappa shape index (κ3) is 2.78. The van der Waals surface area contributed by atoms with Gasteiger partial charge in [-0.15, -0.1) is 0 Å². The normalized spacial score (nSPS) is 10.4. The van der Waals surface area contributed by atoms with E-state index in [4.69, 9.17) is 14.7 Å². The van der Waals surface area contributed by atoms with Crippen LogP contribution in [0.4, 0.5) is 5.82 Å². The van der Waals surface area contributed by atoms with E-state index in [1.54, 1.807) is 11.8 Å². The third-order valence-corrected chi connectivity index (χ3v) is 2.60. The van der Waals surface area contributed by atoms with E-state index in [9.17, 15) is 0 Å². The van der Waals surface area contributed by atoms with Crippen LogP contribution in [0.15, 0.2) is 35.5 Å². The molecular weight excluding hydrogens is 256 g/mol. The molecule has 0 aliphatic rings. The maximum atomic E-state index is 9.08. The van der Waals surface area contributed by atoms with E-state index in [1.807, 2.05) is 31.2 Å². The van der Waals surface area contributed by atoms with E-state index in [-0.39, 0.29) is 0 Å². The van der Waals surface area contributed by atoms with Crippen LogP contribution >= 0.6 is 0 Å². The topological polar surface area (TPSA) is 72.4 Å². The summed E-state index contributed by atoms with van der Waals surface area (Å²) in [5, 5.41) is 13.3. The molecule has 0 saturated carbocycles. The maximum absolute atomic E-state index is 9.08. The first-order chi connectivity index (χ1) is 9.80. The first kappa shape index (κ1) is 13.6. The summed E-state index contributed by atoms with van der Waals surface area (Å²) in [4.78, 5) is 4.15. The highest BCUT2D eigenvalue weighted by atomic mass is 16.5. The second kappa shape index (κ2) is 6.38. The van der Waals surface area contributed by atoms with E-state index in [2.05, 4.69) is 16.2 Å². The number of nitriles is 1. The minimum Gasteiger partial charge on any atom is -0.497 e. The standard InChI is InChI=1S/C14H14N4O2/c1-3-20-10-16-14-11(8-15)9-17-18(14)12-4-6-13(19-2)7-5-12/h4-7,9-10H,3H2,1-2H3. The molecule has 6 heteroatoms. The van der Waals surface area contributed by atoms with E-state index in [0.717, 1.165) is 11.4 Å². The average Bonchev–Trinajstić information content (AvgIpc) is 2.90. The quantitative estimate of drug-likeness (QED) is 0.618. The highest BCUT2D eigenvalue weighted by Crippen LogP contribution is 2.23. The van der Waals surface area contributed by atoms with Gasteiger partial charge in [-0.2, -0.15) is 15.4 Å². The van der Waals surface area contributed by atoms with Crippen LogP contribution in [0.2, 0.25) is 0 Å². The van der Waals surface area contributed by atoms with Crippen molar-refractivity contribution in [3.05, 3.63) is 36.0 Å². The summed E-state index contributed by atoms with van der Waals surface area (Å²) in [5.74, 6) is 1.19. The molecule has 0 amide bonds. The maximum Gasteiger partial charge on any atom is 0.176 e. The summed E-state index contributed by atoms with van der Waals surface area (Å²) in [6.45, 7) is 2.38. The van der Waals surface area contributed by atoms with Gasteiger partial charge in [-0.05, 0) is 31.2 Å². The van der Waals surface area contributed by atoms with E-state index in [1.165, 1.54) is 12.6 Å². The highest BCUT2D eigenvalue weighted by molar-refractivity contribution is 5.60. The molecule has 1 heterocycles. The molecule has 6 nitrogen and oxygen atoms in total. The Hall–Kier alpha value is -2.81. The lowest BCUT2D eigenvalue weighted by atomic mass is 10.3. The second-order valence-electron chi connectivity index (χ2n) is 3.79. The van der Waals surface area contributed by atoms with Crippen molar-refractivity contribution in [2.75, 3.05) is 13.7 Å². The van der Waals surface area contributed by atoms with Gasteiger partial charge in [0.15, 0.2) is 12.2 Å². The Bertz CT molecular complexity index is 638. The number of benzene rings is 1. The van der Waals surface area contributed by atoms with E-state index in [0.29, 0.717) is 18.0 Å². The number of hydrogen-bond acceptors (Lipinski definition) is 5. The fraction of sp³-hybridized carbons (Fsp3) is 0.214. The lowest BCUT2D eigenvalue weighted by Gasteiger charge is -2.05. The average molecular weight is 270 g/mol. The summed E-state index contributed by atoms with van der Waals surface area (Å²) in [5.41, 5.74) is 1.17. The smallest absolute Gasteiger partial charge is 0.176 e. The van der Waals surface area contributed by atoms with Crippen molar-refractivity contribution in [3.8, 4) is 17.5 Å². The molecule has 0 N–H and O–H groups in total. The molecule has 0 aliphatic carbocycles. The van der Waals surface area contributed by atoms with Gasteiger partial charge in [0.25, 0.3) is 0 Å². The number of nitrogens with zero attached hydrogens (tertiary/aromatic N) is 4. The van der Waals surface area contributed by atoms with Gasteiger partial charge in [-0.3, -0.25) is 0 Å². The van der Waals surface area contributed by atoms with Crippen molar-refractivity contribution in [1.29, 1.82) is 5.26 Å². The van der Waals surface area contributed by atoms with Gasteiger partial charge >= 0.3 is 0 Å². The summed E-state index contributed by atoms with van der Waals surface area (Å²) in [6.07, 6.45) is 2.79. The number of methoxy groups -OCH3 is 1. The Kier molecular flexibility index (Phi) is 4.35. The first-order valence-electron chi connectivity index (χ1n) is 6.06. The molecule has 0 unspecified atom stereocenters. The van der Waals surface area contributed by atoms with Crippen LogP contribution in [0.5, 0.6) is 5.75 Å². The minimum absolute atomic E-state index is 0.386. The zero-order valence-electron chi connectivity index (χ0n) is 11.3. The Balaban J connectivity index is 2.40. The summed E-state index contributed by atoms with van der Waals surface area (Å²) in [6, 6.07) is 9.37. The predicted octanol–water partition coefficient (Wildman–Crippen LogP) is 2.45. The van der Waals surface area contributed by atoms with Gasteiger partial charge in [0.2, 0.25) is 0 Å². The van der Waals surface area contributed by atoms with Crippen LogP contribution in [0.1, 0.15) is 12.5 Å². The fourth-order valence-electron chi connectivity index (χ4n) is 1.62. The van der Waals surface area contributed by atoms with Crippen molar-refractivity contribution < 1.29 is 9.47 Å². The summed E-state index contributed by atoms with van der Waals surface area (Å²) < 4.78 is 11.8. The Morgan fingerprint density at radius 1 is 1.40 bits per heavy atom. The number of rotatable bonds is 5. The van der Waals surface area contributed by atoms with E-state index < -0.39 is 0 Å². The Morgan fingerprint density at radius 2 is 2.15 bits per heavy atom. The van der Waals surface area contributed by atoms with Crippen LogP contribution in [-0.2, 0) is 4.74 Å². The van der Waals surface area contributed by atoms with Crippen LogP contribution < -0.4 is 4.74 Å². The molecule has 1 aromatic carbocycles. The molecule has 1 aromatic heterocycles. The molecule has 0 spiro atoms. The number of aromatic nitrogens is 2. The van der Waals surface area contributed by atoms with Gasteiger partial charge in [-0.25, -0.2) is 4.68 Å². The predicted molar refractivity (Wildman–Crippen MR) is 74.6 cm³/mol. The van der Waals surface area contributed by atoms with Crippen molar-refractivity contribution in [2.45, 2.75) is 6.92 Å².